The van der Waals surface area contributed by atoms with Crippen LogP contribution in [-0.4, -0.2) is 5.78 Å². The van der Waals surface area contributed by atoms with Crippen LogP contribution in [0.3, 0.4) is 0 Å². The molecule has 0 aliphatic heterocycles. The van der Waals surface area contributed by atoms with E-state index in [0.717, 1.165) is 19.3 Å². The number of aryl methyl sites for hydroxylation is 1. The highest BCUT2D eigenvalue weighted by Gasteiger charge is 2.43. The average molecular weight is 272 g/mol. The second-order valence-corrected chi connectivity index (χ2v) is 7.37. The first kappa shape index (κ1) is 15.3. The first-order valence-electron chi connectivity index (χ1n) is 7.86. The first-order valence-corrected chi connectivity index (χ1v) is 7.86. The quantitative estimate of drug-likeness (QED) is 0.761. The van der Waals surface area contributed by atoms with Crippen LogP contribution in [0, 0.1) is 12.8 Å². The number of ketones is 1. The zero-order valence-electron chi connectivity index (χ0n) is 13.8. The number of carbonyl (C=O) groups is 1. The third kappa shape index (κ3) is 2.32. The lowest BCUT2D eigenvalue weighted by molar-refractivity contribution is -0.120. The molecule has 2 unspecified atom stereocenters. The van der Waals surface area contributed by atoms with E-state index in [-0.39, 0.29) is 16.7 Å². The minimum atomic E-state index is 0.0149. The van der Waals surface area contributed by atoms with E-state index < -0.39 is 0 Å². The Kier molecular flexibility index (Phi) is 3.83. The molecule has 2 atom stereocenters. The topological polar surface area (TPSA) is 17.1 Å². The van der Waals surface area contributed by atoms with Gasteiger partial charge in [-0.1, -0.05) is 52.8 Å². The zero-order valence-corrected chi connectivity index (χ0v) is 13.8. The van der Waals surface area contributed by atoms with Crippen molar-refractivity contribution in [1.82, 2.24) is 0 Å². The standard InChI is InChI=1S/C19H28O/c1-7-18(4,5)15-9-8-13(2)16(12-15)19(6)11-10-17(20)14(19)3/h8-9,12,14H,7,10-11H2,1-6H3. The van der Waals surface area contributed by atoms with Gasteiger partial charge in [-0.3, -0.25) is 4.79 Å². The molecule has 0 radical (unpaired) electrons. The molecule has 0 amide bonds. The second kappa shape index (κ2) is 5.02. The lowest BCUT2D eigenvalue weighted by Crippen LogP contribution is -2.29. The minimum absolute atomic E-state index is 0.0149. The van der Waals surface area contributed by atoms with Crippen LogP contribution < -0.4 is 0 Å². The predicted molar refractivity (Wildman–Crippen MR) is 85.3 cm³/mol. The molecule has 1 heteroatoms. The smallest absolute Gasteiger partial charge is 0.136 e. The van der Waals surface area contributed by atoms with Crippen LogP contribution in [0.5, 0.6) is 0 Å². The number of rotatable bonds is 3. The summed E-state index contributed by atoms with van der Waals surface area (Å²) in [6, 6.07) is 6.86. The zero-order chi connectivity index (χ0) is 15.1. The maximum Gasteiger partial charge on any atom is 0.136 e. The fraction of sp³-hybridized carbons (Fsp3) is 0.632. The van der Waals surface area contributed by atoms with E-state index in [4.69, 9.17) is 0 Å². The lowest BCUT2D eigenvalue weighted by atomic mass is 9.71. The van der Waals surface area contributed by atoms with E-state index in [0.29, 0.717) is 5.78 Å². The largest absolute Gasteiger partial charge is 0.299 e. The van der Waals surface area contributed by atoms with E-state index in [9.17, 15) is 4.79 Å². The number of hydrogen-bond donors (Lipinski definition) is 0. The molecule has 0 spiro atoms. The van der Waals surface area contributed by atoms with E-state index in [2.05, 4.69) is 59.7 Å². The third-order valence-corrected chi connectivity index (χ3v) is 5.85. The molecule has 2 rings (SSSR count). The van der Waals surface area contributed by atoms with Crippen LogP contribution in [0.25, 0.3) is 0 Å². The molecule has 0 heterocycles. The molecule has 1 fully saturated rings. The number of Topliss-reactive ketones (excluding diaryl/α,β-unsaturated/α-hetero) is 1. The molecule has 0 aromatic heterocycles. The maximum atomic E-state index is 12.0. The predicted octanol–water partition coefficient (Wildman–Crippen LogP) is 4.94. The van der Waals surface area contributed by atoms with Crippen LogP contribution in [0.2, 0.25) is 0 Å². The van der Waals surface area contributed by atoms with Crippen molar-refractivity contribution in [3.05, 3.63) is 34.9 Å². The first-order chi connectivity index (χ1) is 9.22. The van der Waals surface area contributed by atoms with E-state index in [1.165, 1.54) is 16.7 Å². The molecule has 1 nitrogen and oxygen atoms in total. The maximum absolute atomic E-state index is 12.0. The Morgan fingerprint density at radius 3 is 2.50 bits per heavy atom. The van der Waals surface area contributed by atoms with Crippen molar-refractivity contribution in [2.45, 2.75) is 71.6 Å². The summed E-state index contributed by atoms with van der Waals surface area (Å²) >= 11 is 0. The number of hydrogen-bond acceptors (Lipinski definition) is 1. The highest BCUT2D eigenvalue weighted by Crippen LogP contribution is 2.45. The third-order valence-electron chi connectivity index (χ3n) is 5.85. The lowest BCUT2D eigenvalue weighted by Gasteiger charge is -2.33. The summed E-state index contributed by atoms with van der Waals surface area (Å²) in [6.45, 7) is 13.4. The van der Waals surface area contributed by atoms with Crippen LogP contribution >= 0.6 is 0 Å². The van der Waals surface area contributed by atoms with E-state index in [1.54, 1.807) is 0 Å². The Balaban J connectivity index is 2.52. The van der Waals surface area contributed by atoms with Crippen molar-refractivity contribution in [1.29, 1.82) is 0 Å². The summed E-state index contributed by atoms with van der Waals surface area (Å²) in [5.74, 6) is 0.563. The molecule has 1 aliphatic rings. The minimum Gasteiger partial charge on any atom is -0.299 e. The molecule has 0 N–H and O–H groups in total. The summed E-state index contributed by atoms with van der Waals surface area (Å²) in [6.07, 6.45) is 2.85. The Bertz CT molecular complexity index is 527. The van der Waals surface area contributed by atoms with Crippen LogP contribution in [0.1, 0.15) is 70.6 Å². The molecule has 1 saturated carbocycles. The van der Waals surface area contributed by atoms with Gasteiger partial charge in [-0.25, -0.2) is 0 Å². The van der Waals surface area contributed by atoms with Crippen LogP contribution in [0.4, 0.5) is 0 Å². The normalized spacial score (nSPS) is 27.1. The van der Waals surface area contributed by atoms with Crippen molar-refractivity contribution < 1.29 is 4.79 Å². The van der Waals surface area contributed by atoms with Crippen molar-refractivity contribution in [3.8, 4) is 0 Å². The molecule has 1 aliphatic carbocycles. The second-order valence-electron chi connectivity index (χ2n) is 7.37. The van der Waals surface area contributed by atoms with E-state index >= 15 is 0 Å². The van der Waals surface area contributed by atoms with Gasteiger partial charge in [0.15, 0.2) is 0 Å². The summed E-state index contributed by atoms with van der Waals surface area (Å²) in [7, 11) is 0. The van der Waals surface area contributed by atoms with Gasteiger partial charge < -0.3 is 0 Å². The van der Waals surface area contributed by atoms with Gasteiger partial charge in [-0.2, -0.15) is 0 Å². The molecule has 0 bridgehead atoms. The van der Waals surface area contributed by atoms with Gasteiger partial charge in [-0.05, 0) is 41.9 Å². The Labute approximate surface area is 123 Å². The molecule has 110 valence electrons. The molecule has 1 aromatic carbocycles. The Morgan fingerprint density at radius 2 is 2.00 bits per heavy atom. The van der Waals surface area contributed by atoms with Gasteiger partial charge >= 0.3 is 0 Å². The number of benzene rings is 1. The molecular weight excluding hydrogens is 244 g/mol. The average Bonchev–Trinajstić information content (AvgIpc) is 2.68. The Morgan fingerprint density at radius 1 is 1.35 bits per heavy atom. The highest BCUT2D eigenvalue weighted by molar-refractivity contribution is 5.85. The fourth-order valence-electron chi connectivity index (χ4n) is 3.40. The van der Waals surface area contributed by atoms with Gasteiger partial charge in [0.05, 0.1) is 0 Å². The van der Waals surface area contributed by atoms with Gasteiger partial charge in [-0.15, -0.1) is 0 Å². The summed E-state index contributed by atoms with van der Waals surface area (Å²) in [5.41, 5.74) is 4.32. The van der Waals surface area contributed by atoms with Crippen molar-refractivity contribution in [2.75, 3.05) is 0 Å². The molecule has 20 heavy (non-hydrogen) atoms. The van der Waals surface area contributed by atoms with E-state index in [1.807, 2.05) is 0 Å². The summed E-state index contributed by atoms with van der Waals surface area (Å²) in [4.78, 5) is 12.0. The van der Waals surface area contributed by atoms with Crippen LogP contribution in [-0.2, 0) is 15.6 Å². The molecule has 0 saturated heterocycles. The fourth-order valence-corrected chi connectivity index (χ4v) is 3.40. The van der Waals surface area contributed by atoms with Gasteiger partial charge in [0.2, 0.25) is 0 Å². The van der Waals surface area contributed by atoms with Gasteiger partial charge in [0.25, 0.3) is 0 Å². The molecular formula is C19H28O. The van der Waals surface area contributed by atoms with Crippen molar-refractivity contribution in [2.24, 2.45) is 5.92 Å². The highest BCUT2D eigenvalue weighted by atomic mass is 16.1. The SMILES string of the molecule is CCC(C)(C)c1ccc(C)c(C2(C)CCC(=O)C2C)c1. The van der Waals surface area contributed by atoms with Gasteiger partial charge in [0.1, 0.15) is 5.78 Å². The van der Waals surface area contributed by atoms with Crippen LogP contribution in [0.15, 0.2) is 18.2 Å². The van der Waals surface area contributed by atoms with Gasteiger partial charge in [0, 0.05) is 17.8 Å². The Hall–Kier alpha value is -1.11. The molecule has 1 aromatic rings. The monoisotopic (exact) mass is 272 g/mol. The summed E-state index contributed by atoms with van der Waals surface area (Å²) < 4.78 is 0. The number of carbonyl (C=O) groups excluding carboxylic acids is 1. The summed E-state index contributed by atoms with van der Waals surface area (Å²) in [5, 5.41) is 0. The van der Waals surface area contributed by atoms with Crippen molar-refractivity contribution in [3.63, 3.8) is 0 Å². The van der Waals surface area contributed by atoms with Crippen molar-refractivity contribution >= 4 is 5.78 Å².